The molecule has 2 N–H and O–H groups in total. The minimum absolute atomic E-state index is 0.0528. The first kappa shape index (κ1) is 14.5. The number of nitrogens with one attached hydrogen (secondary N) is 2. The Labute approximate surface area is 119 Å². The number of anilines is 2. The van der Waals surface area contributed by atoms with Crippen LogP contribution in [0.1, 0.15) is 26.3 Å². The third kappa shape index (κ3) is 4.03. The summed E-state index contributed by atoms with van der Waals surface area (Å²) in [5, 5.41) is 6.27. The largest absolute Gasteiger partial charge is 0.338 e. The molecule has 0 bridgehead atoms. The van der Waals surface area contributed by atoms with E-state index in [2.05, 4.69) is 36.4 Å². The van der Waals surface area contributed by atoms with Gasteiger partial charge in [-0.2, -0.15) is 0 Å². The van der Waals surface area contributed by atoms with Crippen molar-refractivity contribution < 1.29 is 4.39 Å². The van der Waals surface area contributed by atoms with Crippen molar-refractivity contribution in [1.82, 2.24) is 10.3 Å². The molecule has 0 atom stereocenters. The number of aromatic nitrogens is 1. The van der Waals surface area contributed by atoms with Crippen LogP contribution in [0.4, 0.5) is 15.9 Å². The maximum Gasteiger partial charge on any atom is 0.170 e. The molecule has 4 heteroatoms. The second-order valence-corrected chi connectivity index (χ2v) is 5.73. The number of hydrogen-bond donors (Lipinski definition) is 2. The lowest BCUT2D eigenvalue weighted by atomic mass is 10.1. The van der Waals surface area contributed by atoms with Gasteiger partial charge in [0.2, 0.25) is 0 Å². The molecule has 0 radical (unpaired) electrons. The van der Waals surface area contributed by atoms with Gasteiger partial charge in [-0.3, -0.25) is 0 Å². The molecule has 0 saturated heterocycles. The Balaban J connectivity index is 2.15. The summed E-state index contributed by atoms with van der Waals surface area (Å²) in [5.41, 5.74) is 1.37. The van der Waals surface area contributed by atoms with E-state index in [1.165, 1.54) is 0 Å². The van der Waals surface area contributed by atoms with Gasteiger partial charge in [0.15, 0.2) is 11.6 Å². The van der Waals surface area contributed by atoms with E-state index in [0.29, 0.717) is 12.1 Å². The highest BCUT2D eigenvalue weighted by molar-refractivity contribution is 5.56. The van der Waals surface area contributed by atoms with Crippen LogP contribution >= 0.6 is 0 Å². The molecular weight excluding hydrogens is 253 g/mol. The highest BCUT2D eigenvalue weighted by atomic mass is 19.1. The summed E-state index contributed by atoms with van der Waals surface area (Å²) >= 11 is 0. The molecule has 2 aromatic rings. The molecule has 0 aliphatic rings. The summed E-state index contributed by atoms with van der Waals surface area (Å²) < 4.78 is 14.4. The Morgan fingerprint density at radius 1 is 1.10 bits per heavy atom. The first-order valence-electron chi connectivity index (χ1n) is 6.66. The van der Waals surface area contributed by atoms with Crippen molar-refractivity contribution in [3.63, 3.8) is 0 Å². The zero-order chi connectivity index (χ0) is 14.6. The van der Waals surface area contributed by atoms with Crippen LogP contribution in [0.15, 0.2) is 42.6 Å². The van der Waals surface area contributed by atoms with Gasteiger partial charge in [0.25, 0.3) is 0 Å². The smallest absolute Gasteiger partial charge is 0.170 e. The Kier molecular flexibility index (Phi) is 4.35. The van der Waals surface area contributed by atoms with Gasteiger partial charge in [-0.25, -0.2) is 9.37 Å². The Morgan fingerprint density at radius 3 is 2.45 bits per heavy atom. The lowest BCUT2D eigenvalue weighted by molar-refractivity contribution is 0.418. The summed E-state index contributed by atoms with van der Waals surface area (Å²) in [6, 6.07) is 11.2. The fourth-order valence-electron chi connectivity index (χ4n) is 1.73. The van der Waals surface area contributed by atoms with Gasteiger partial charge in [-0.05, 0) is 39.0 Å². The second kappa shape index (κ2) is 6.01. The summed E-state index contributed by atoms with van der Waals surface area (Å²) in [5.74, 6) is -0.0579. The Hall–Kier alpha value is -1.94. The monoisotopic (exact) mass is 273 g/mol. The van der Waals surface area contributed by atoms with Crippen LogP contribution in [0.5, 0.6) is 0 Å². The lowest BCUT2D eigenvalue weighted by Gasteiger charge is -2.21. The topological polar surface area (TPSA) is 37.0 Å². The zero-order valence-corrected chi connectivity index (χ0v) is 12.1. The first-order chi connectivity index (χ1) is 9.46. The molecule has 20 heavy (non-hydrogen) atoms. The molecule has 1 heterocycles. The van der Waals surface area contributed by atoms with Gasteiger partial charge < -0.3 is 10.6 Å². The van der Waals surface area contributed by atoms with E-state index in [0.717, 1.165) is 5.69 Å². The van der Waals surface area contributed by atoms with Gasteiger partial charge >= 0.3 is 0 Å². The normalized spacial score (nSPS) is 11.4. The fraction of sp³-hybridized carbons (Fsp3) is 0.312. The van der Waals surface area contributed by atoms with Crippen LogP contribution in [0.2, 0.25) is 0 Å². The van der Waals surface area contributed by atoms with E-state index in [-0.39, 0.29) is 17.2 Å². The maximum atomic E-state index is 14.4. The van der Waals surface area contributed by atoms with E-state index in [1.807, 2.05) is 30.3 Å². The van der Waals surface area contributed by atoms with E-state index in [4.69, 9.17) is 0 Å². The number of para-hydroxylation sites is 1. The summed E-state index contributed by atoms with van der Waals surface area (Å²) in [4.78, 5) is 4.06. The van der Waals surface area contributed by atoms with Crippen molar-refractivity contribution in [3.05, 3.63) is 54.0 Å². The summed E-state index contributed by atoms with van der Waals surface area (Å²) in [6.07, 6.45) is 1.62. The Bertz CT molecular complexity index is 562. The van der Waals surface area contributed by atoms with Crippen LogP contribution < -0.4 is 10.6 Å². The van der Waals surface area contributed by atoms with Crippen molar-refractivity contribution >= 4 is 11.5 Å². The highest BCUT2D eigenvalue weighted by Gasteiger charge is 2.13. The van der Waals surface area contributed by atoms with Crippen LogP contribution in [0.25, 0.3) is 0 Å². The number of benzene rings is 1. The van der Waals surface area contributed by atoms with E-state index < -0.39 is 0 Å². The number of halogens is 1. The van der Waals surface area contributed by atoms with Crippen molar-refractivity contribution in [3.8, 4) is 0 Å². The van der Waals surface area contributed by atoms with Crippen LogP contribution in [-0.4, -0.2) is 10.5 Å². The van der Waals surface area contributed by atoms with Gasteiger partial charge in [0.05, 0.1) is 0 Å². The molecule has 0 aliphatic heterocycles. The molecule has 3 nitrogen and oxygen atoms in total. The van der Waals surface area contributed by atoms with Crippen LogP contribution in [0, 0.1) is 5.82 Å². The molecule has 106 valence electrons. The van der Waals surface area contributed by atoms with E-state index in [9.17, 15) is 4.39 Å². The maximum absolute atomic E-state index is 14.4. The molecule has 0 fully saturated rings. The summed E-state index contributed by atoms with van der Waals surface area (Å²) in [6.45, 7) is 6.63. The molecule has 1 aromatic heterocycles. The highest BCUT2D eigenvalue weighted by Crippen LogP contribution is 2.20. The van der Waals surface area contributed by atoms with Crippen LogP contribution in [0.3, 0.4) is 0 Å². The van der Waals surface area contributed by atoms with Crippen molar-refractivity contribution in [2.24, 2.45) is 0 Å². The average Bonchev–Trinajstić information content (AvgIpc) is 2.40. The van der Waals surface area contributed by atoms with Crippen LogP contribution in [-0.2, 0) is 6.54 Å². The molecule has 1 aromatic carbocycles. The number of pyridine rings is 1. The van der Waals surface area contributed by atoms with Crippen molar-refractivity contribution in [2.75, 3.05) is 5.32 Å². The molecule has 2 rings (SSSR count). The predicted molar refractivity (Wildman–Crippen MR) is 80.5 cm³/mol. The molecule has 0 aliphatic carbocycles. The minimum atomic E-state index is -0.312. The molecule has 0 unspecified atom stereocenters. The van der Waals surface area contributed by atoms with Crippen molar-refractivity contribution in [1.29, 1.82) is 0 Å². The lowest BCUT2D eigenvalue weighted by Crippen LogP contribution is -2.35. The second-order valence-electron chi connectivity index (χ2n) is 5.73. The van der Waals surface area contributed by atoms with Gasteiger partial charge in [-0.1, -0.05) is 18.2 Å². The number of rotatable bonds is 4. The van der Waals surface area contributed by atoms with Crippen molar-refractivity contribution in [2.45, 2.75) is 32.9 Å². The van der Waals surface area contributed by atoms with Gasteiger partial charge in [-0.15, -0.1) is 0 Å². The zero-order valence-electron chi connectivity index (χ0n) is 12.1. The molecule has 0 spiro atoms. The quantitative estimate of drug-likeness (QED) is 0.888. The summed E-state index contributed by atoms with van der Waals surface area (Å²) in [7, 11) is 0. The number of nitrogens with zero attached hydrogens (tertiary/aromatic N) is 1. The fourth-order valence-corrected chi connectivity index (χ4v) is 1.73. The Morgan fingerprint density at radius 2 is 1.80 bits per heavy atom. The predicted octanol–water partition coefficient (Wildman–Crippen LogP) is 3.85. The number of hydrogen-bond acceptors (Lipinski definition) is 3. The minimum Gasteiger partial charge on any atom is -0.338 e. The molecule has 0 amide bonds. The molecular formula is C16H20FN3. The van der Waals surface area contributed by atoms with E-state index >= 15 is 0 Å². The third-order valence-electron chi connectivity index (χ3n) is 2.81. The van der Waals surface area contributed by atoms with E-state index in [1.54, 1.807) is 12.3 Å². The third-order valence-corrected chi connectivity index (χ3v) is 2.81. The SMILES string of the molecule is CC(C)(C)NCc1ccnc(Nc2ccccc2)c1F. The standard InChI is InChI=1S/C16H20FN3/c1-16(2,3)19-11-12-9-10-18-15(14(12)17)20-13-7-5-4-6-8-13/h4-10,19H,11H2,1-3H3,(H,18,20). The van der Waals surface area contributed by atoms with Gasteiger partial charge in [0, 0.05) is 29.5 Å². The average molecular weight is 273 g/mol. The van der Waals surface area contributed by atoms with Gasteiger partial charge in [0.1, 0.15) is 0 Å². The first-order valence-corrected chi connectivity index (χ1v) is 6.66. The molecule has 0 saturated carbocycles.